The average Bonchev–Trinajstić information content (AvgIpc) is 3.23. The lowest BCUT2D eigenvalue weighted by molar-refractivity contribution is -0.274. The molecule has 3 aliphatic rings. The predicted octanol–water partition coefficient (Wildman–Crippen LogP) is 9.57. The summed E-state index contributed by atoms with van der Waals surface area (Å²) in [6.07, 6.45) is -4.74. The Bertz CT molecular complexity index is 2500. The van der Waals surface area contributed by atoms with Crippen LogP contribution >= 0.6 is 23.2 Å². The van der Waals surface area contributed by atoms with E-state index in [-0.39, 0.29) is 63.6 Å². The van der Waals surface area contributed by atoms with E-state index in [2.05, 4.69) is 9.64 Å². The van der Waals surface area contributed by atoms with E-state index in [1.807, 2.05) is 23.1 Å². The van der Waals surface area contributed by atoms with Crippen LogP contribution in [-0.2, 0) is 19.6 Å². The maximum absolute atomic E-state index is 12.2. The first-order valence-electron chi connectivity index (χ1n) is 18.2. The SMILES string of the molecule is Oc1c(Cl)cc(Cl)c2c1CN(c1ccc(OC(F)(F)F)cc1)CO2.Oc1ccc(N2COc3cc(O)cc(O)c3C2)cc1.Oc1ccc(N2COc3cc(O)ccc3C2)cc1. The first-order valence-corrected chi connectivity index (χ1v) is 19.0. The van der Waals surface area contributed by atoms with Crippen LogP contribution in [0.1, 0.15) is 16.7 Å². The lowest BCUT2D eigenvalue weighted by Gasteiger charge is -2.31. The topological polar surface area (TPSA) is 168 Å². The third-order valence-corrected chi connectivity index (χ3v) is 10.1. The largest absolute Gasteiger partial charge is 0.573 e. The summed E-state index contributed by atoms with van der Waals surface area (Å²) < 4.78 is 57.0. The number of nitrogens with zero attached hydrogens (tertiary/aromatic N) is 3. The number of benzene rings is 6. The Hall–Kier alpha value is -6.91. The number of hydrogen-bond acceptors (Lipinski definition) is 13. The van der Waals surface area contributed by atoms with Gasteiger partial charge in [0.1, 0.15) is 57.5 Å². The number of ether oxygens (including phenoxy) is 4. The highest BCUT2D eigenvalue weighted by atomic mass is 35.5. The first kappa shape index (κ1) is 42.2. The van der Waals surface area contributed by atoms with E-state index < -0.39 is 6.36 Å². The van der Waals surface area contributed by atoms with Gasteiger partial charge in [-0.3, -0.25) is 0 Å². The fourth-order valence-corrected chi connectivity index (χ4v) is 7.06. The van der Waals surface area contributed by atoms with Crippen LogP contribution in [0.15, 0.2) is 109 Å². The molecule has 3 aliphatic heterocycles. The highest BCUT2D eigenvalue weighted by molar-refractivity contribution is 6.36. The van der Waals surface area contributed by atoms with Gasteiger partial charge in [-0.05, 0) is 91.0 Å². The molecule has 0 aromatic heterocycles. The van der Waals surface area contributed by atoms with Gasteiger partial charge in [0.2, 0.25) is 0 Å². The van der Waals surface area contributed by atoms with Crippen LogP contribution in [0.2, 0.25) is 10.0 Å². The van der Waals surface area contributed by atoms with Gasteiger partial charge in [-0.25, -0.2) is 0 Å². The van der Waals surface area contributed by atoms with Crippen molar-refractivity contribution in [2.45, 2.75) is 26.0 Å². The summed E-state index contributed by atoms with van der Waals surface area (Å²) in [7, 11) is 0. The van der Waals surface area contributed by atoms with Crippen molar-refractivity contribution in [2.24, 2.45) is 0 Å². The maximum Gasteiger partial charge on any atom is 0.573 e. The van der Waals surface area contributed by atoms with Crippen LogP contribution in [0.25, 0.3) is 0 Å². The number of fused-ring (bicyclic) bond motifs is 3. The summed E-state index contributed by atoms with van der Waals surface area (Å²) in [4.78, 5) is 5.67. The van der Waals surface area contributed by atoms with Gasteiger partial charge in [0.25, 0.3) is 0 Å². The molecule has 0 unspecified atom stereocenters. The zero-order chi connectivity index (χ0) is 43.4. The van der Waals surface area contributed by atoms with Gasteiger partial charge < -0.3 is 64.3 Å². The van der Waals surface area contributed by atoms with E-state index in [4.69, 9.17) is 37.4 Å². The standard InChI is InChI=1S/C15H10Cl2F3NO3.C14H13NO4.C14H13NO3/c16-11-5-12(17)14-10(13(11)22)6-21(7-23-14)8-1-3-9(4-2-8)24-15(18,19)20;16-10-3-1-9(2-4-10)15-7-12-13(18)5-11(17)6-14(12)19-8-15;16-12-5-2-11(3-6-12)15-8-10-1-4-13(17)7-14(10)18-9-15/h1-5,22H,6-7H2;1-6,16-18H,7-8H2;1-7,16-17H,8-9H2. The summed E-state index contributed by atoms with van der Waals surface area (Å²) >= 11 is 11.9. The minimum absolute atomic E-state index is 0.0125. The Kier molecular flexibility index (Phi) is 12.3. The molecule has 0 radical (unpaired) electrons. The number of aromatic hydroxyl groups is 6. The molecule has 18 heteroatoms. The summed E-state index contributed by atoms with van der Waals surface area (Å²) in [5.74, 6) is 1.76. The Morgan fingerprint density at radius 1 is 0.508 bits per heavy atom. The highest BCUT2D eigenvalue weighted by Crippen LogP contribution is 2.44. The van der Waals surface area contributed by atoms with Crippen molar-refractivity contribution in [3.63, 3.8) is 0 Å². The van der Waals surface area contributed by atoms with Crippen LogP contribution in [-0.4, -0.2) is 57.2 Å². The Labute approximate surface area is 356 Å². The normalized spacial score (nSPS) is 14.0. The quantitative estimate of drug-likeness (QED) is 0.0992. The lowest BCUT2D eigenvalue weighted by atomic mass is 10.1. The Balaban J connectivity index is 0.000000140. The van der Waals surface area contributed by atoms with Crippen LogP contribution < -0.4 is 33.6 Å². The Morgan fingerprint density at radius 2 is 1.00 bits per heavy atom. The third kappa shape index (κ3) is 10.3. The smallest absolute Gasteiger partial charge is 0.508 e. The van der Waals surface area contributed by atoms with E-state index in [1.165, 1.54) is 42.5 Å². The van der Waals surface area contributed by atoms with Crippen molar-refractivity contribution < 1.29 is 62.8 Å². The number of anilines is 3. The van der Waals surface area contributed by atoms with Crippen LogP contribution in [0, 0.1) is 0 Å². The van der Waals surface area contributed by atoms with Crippen molar-refractivity contribution in [1.29, 1.82) is 0 Å². The number of rotatable bonds is 4. The van der Waals surface area contributed by atoms with Crippen molar-refractivity contribution in [3.8, 4) is 57.5 Å². The van der Waals surface area contributed by atoms with Gasteiger partial charge in [0.05, 0.1) is 34.3 Å². The van der Waals surface area contributed by atoms with Crippen molar-refractivity contribution >= 4 is 40.3 Å². The van der Waals surface area contributed by atoms with E-state index in [0.717, 1.165) is 29.2 Å². The molecule has 0 saturated carbocycles. The van der Waals surface area contributed by atoms with Crippen LogP contribution in [0.5, 0.6) is 57.5 Å². The summed E-state index contributed by atoms with van der Waals surface area (Å²) in [5.41, 5.74) is 4.55. The molecule has 6 N–H and O–H groups in total. The first-order chi connectivity index (χ1) is 29.1. The molecule has 9 rings (SSSR count). The number of alkyl halides is 3. The van der Waals surface area contributed by atoms with Gasteiger partial charge in [-0.1, -0.05) is 23.2 Å². The fourth-order valence-electron chi connectivity index (χ4n) is 6.50. The molecular formula is C43H36Cl2F3N3O10. The second-order valence-electron chi connectivity index (χ2n) is 13.7. The summed E-state index contributed by atoms with van der Waals surface area (Å²) in [6, 6.07) is 28.4. The maximum atomic E-state index is 12.2. The molecule has 0 aliphatic carbocycles. The van der Waals surface area contributed by atoms with E-state index in [1.54, 1.807) is 53.4 Å². The summed E-state index contributed by atoms with van der Waals surface area (Å²) in [6.45, 7) is 2.31. The van der Waals surface area contributed by atoms with Gasteiger partial charge >= 0.3 is 6.36 Å². The molecule has 6 aromatic carbocycles. The molecular weight excluding hydrogens is 846 g/mol. The van der Waals surface area contributed by atoms with Crippen LogP contribution in [0.3, 0.4) is 0 Å². The highest BCUT2D eigenvalue weighted by Gasteiger charge is 2.31. The number of phenols is 6. The van der Waals surface area contributed by atoms with E-state index in [9.17, 15) is 43.8 Å². The third-order valence-electron chi connectivity index (χ3n) is 9.52. The number of hydrogen-bond donors (Lipinski definition) is 6. The van der Waals surface area contributed by atoms with Crippen molar-refractivity contribution in [1.82, 2.24) is 0 Å². The Morgan fingerprint density at radius 3 is 1.59 bits per heavy atom. The van der Waals surface area contributed by atoms with Crippen molar-refractivity contribution in [3.05, 3.63) is 136 Å². The molecule has 6 aromatic rings. The number of phenolic OH excluding ortho intramolecular Hbond substituents is 6. The monoisotopic (exact) mass is 881 g/mol. The van der Waals surface area contributed by atoms with Crippen molar-refractivity contribution in [2.75, 3.05) is 34.9 Å². The van der Waals surface area contributed by atoms with Gasteiger partial charge in [0, 0.05) is 47.4 Å². The lowest BCUT2D eigenvalue weighted by Crippen LogP contribution is -2.32. The molecule has 0 amide bonds. The minimum atomic E-state index is -4.74. The summed E-state index contributed by atoms with van der Waals surface area (Å²) in [5, 5.41) is 57.6. The number of halogens is 5. The zero-order valence-corrected chi connectivity index (χ0v) is 33.2. The van der Waals surface area contributed by atoms with Gasteiger partial charge in [-0.15, -0.1) is 13.2 Å². The molecule has 0 atom stereocenters. The van der Waals surface area contributed by atoms with Gasteiger partial charge in [0.15, 0.2) is 20.2 Å². The molecule has 0 bridgehead atoms. The minimum Gasteiger partial charge on any atom is -0.508 e. The second kappa shape index (κ2) is 17.7. The van der Waals surface area contributed by atoms with Crippen LogP contribution in [0.4, 0.5) is 30.2 Å². The molecule has 0 spiro atoms. The molecule has 0 saturated heterocycles. The molecule has 61 heavy (non-hydrogen) atoms. The molecule has 318 valence electrons. The fraction of sp³-hybridized carbons (Fsp3) is 0.163. The molecule has 13 nitrogen and oxygen atoms in total. The predicted molar refractivity (Wildman–Crippen MR) is 220 cm³/mol. The average molecular weight is 883 g/mol. The van der Waals surface area contributed by atoms with E-state index in [0.29, 0.717) is 48.3 Å². The van der Waals surface area contributed by atoms with E-state index >= 15 is 0 Å². The van der Waals surface area contributed by atoms with Gasteiger partial charge in [-0.2, -0.15) is 0 Å². The molecule has 3 heterocycles. The zero-order valence-electron chi connectivity index (χ0n) is 31.7. The second-order valence-corrected chi connectivity index (χ2v) is 14.5. The molecule has 0 fully saturated rings.